The second kappa shape index (κ2) is 6.51. The van der Waals surface area contributed by atoms with Crippen LogP contribution in [0.15, 0.2) is 41.8 Å². The van der Waals surface area contributed by atoms with Crippen LogP contribution in [0.25, 0.3) is 0 Å². The fraction of sp³-hybridized carbons (Fsp3) is 0.444. The monoisotopic (exact) mass is 376 g/mol. The van der Waals surface area contributed by atoms with Gasteiger partial charge < -0.3 is 9.88 Å². The van der Waals surface area contributed by atoms with Crippen molar-refractivity contribution in [2.24, 2.45) is 7.05 Å². The minimum atomic E-state index is -3.89. The number of sulfonamides is 1. The summed E-state index contributed by atoms with van der Waals surface area (Å²) < 4.78 is 29.2. The van der Waals surface area contributed by atoms with Crippen molar-refractivity contribution in [2.45, 2.75) is 50.3 Å². The molecule has 2 heterocycles. The topological polar surface area (TPSA) is 84.3 Å². The molecule has 0 unspecified atom stereocenters. The van der Waals surface area contributed by atoms with Crippen molar-refractivity contribution in [3.63, 3.8) is 0 Å². The molecule has 0 radical (unpaired) electrons. The highest BCUT2D eigenvalue weighted by Gasteiger charge is 2.41. The molecule has 140 valence electrons. The summed E-state index contributed by atoms with van der Waals surface area (Å²) >= 11 is 0. The van der Waals surface area contributed by atoms with Gasteiger partial charge in [-0.15, -0.1) is 0 Å². The highest BCUT2D eigenvalue weighted by atomic mass is 32.2. The van der Waals surface area contributed by atoms with Crippen molar-refractivity contribution in [1.82, 2.24) is 19.2 Å². The first-order chi connectivity index (χ1) is 12.1. The van der Waals surface area contributed by atoms with Crippen molar-refractivity contribution in [3.05, 3.63) is 47.9 Å². The molecule has 1 aromatic heterocycles. The number of carbonyl (C=O) groups excluding carboxylic acids is 1. The van der Waals surface area contributed by atoms with Crippen LogP contribution in [0.2, 0.25) is 0 Å². The average Bonchev–Trinajstić information content (AvgIpc) is 2.99. The highest BCUT2D eigenvalue weighted by molar-refractivity contribution is 7.89. The SMILES string of the molecule is Cn1cnc(S(=O)(=O)N2Cc3ccccc3C[C@H]2C(=O)NC(C)(C)C)c1. The Kier molecular flexibility index (Phi) is 4.66. The lowest BCUT2D eigenvalue weighted by molar-refractivity contribution is -0.126. The van der Waals surface area contributed by atoms with Crippen LogP contribution in [-0.4, -0.2) is 39.8 Å². The molecule has 1 aliphatic heterocycles. The van der Waals surface area contributed by atoms with E-state index in [-0.39, 0.29) is 17.5 Å². The Hall–Kier alpha value is -2.19. The number of hydrogen-bond acceptors (Lipinski definition) is 4. The Morgan fingerprint density at radius 3 is 2.46 bits per heavy atom. The zero-order valence-electron chi connectivity index (χ0n) is 15.4. The van der Waals surface area contributed by atoms with E-state index in [1.165, 1.54) is 16.8 Å². The van der Waals surface area contributed by atoms with Gasteiger partial charge in [0, 0.05) is 25.3 Å². The second-order valence-electron chi connectivity index (χ2n) is 7.66. The lowest BCUT2D eigenvalue weighted by Crippen LogP contribution is -2.55. The molecule has 1 atom stereocenters. The molecule has 0 bridgehead atoms. The van der Waals surface area contributed by atoms with Gasteiger partial charge in [0.25, 0.3) is 10.0 Å². The lowest BCUT2D eigenvalue weighted by atomic mass is 9.95. The molecule has 0 fully saturated rings. The van der Waals surface area contributed by atoms with Gasteiger partial charge in [-0.3, -0.25) is 4.79 Å². The number of imidazole rings is 1. The van der Waals surface area contributed by atoms with Gasteiger partial charge in [0.05, 0.1) is 6.33 Å². The van der Waals surface area contributed by atoms with Gasteiger partial charge in [-0.2, -0.15) is 4.31 Å². The van der Waals surface area contributed by atoms with E-state index in [9.17, 15) is 13.2 Å². The maximum absolute atomic E-state index is 13.2. The summed E-state index contributed by atoms with van der Waals surface area (Å²) in [7, 11) is -2.18. The first kappa shape index (κ1) is 18.6. The third-order valence-corrected chi connectivity index (χ3v) is 6.00. The fourth-order valence-electron chi connectivity index (χ4n) is 3.07. The zero-order valence-corrected chi connectivity index (χ0v) is 16.2. The number of amides is 1. The summed E-state index contributed by atoms with van der Waals surface area (Å²) in [6.07, 6.45) is 3.23. The standard InChI is InChI=1S/C18H24N4O3S/c1-18(2,3)20-17(23)15-9-13-7-5-6-8-14(13)10-22(15)26(24,25)16-11-21(4)12-19-16/h5-8,11-12,15H,9-10H2,1-4H3,(H,20,23)/t15-/m0/s1. The van der Waals surface area contributed by atoms with Gasteiger partial charge in [0.15, 0.2) is 5.03 Å². The Bertz CT molecular complexity index is 928. The van der Waals surface area contributed by atoms with E-state index in [4.69, 9.17) is 0 Å². The smallest absolute Gasteiger partial charge is 0.263 e. The summed E-state index contributed by atoms with van der Waals surface area (Å²) in [6, 6.07) is 6.81. The van der Waals surface area contributed by atoms with Crippen LogP contribution in [0.4, 0.5) is 0 Å². The molecular weight excluding hydrogens is 352 g/mol. The maximum Gasteiger partial charge on any atom is 0.263 e. The number of benzene rings is 1. The number of aryl methyl sites for hydroxylation is 1. The molecule has 26 heavy (non-hydrogen) atoms. The summed E-state index contributed by atoms with van der Waals surface area (Å²) in [5.41, 5.74) is 1.45. The molecule has 1 N–H and O–H groups in total. The number of fused-ring (bicyclic) bond motifs is 1. The minimum absolute atomic E-state index is 0.0482. The Morgan fingerprint density at radius 1 is 1.23 bits per heavy atom. The van der Waals surface area contributed by atoms with E-state index in [1.54, 1.807) is 11.6 Å². The Morgan fingerprint density at radius 2 is 1.88 bits per heavy atom. The first-order valence-corrected chi connectivity index (χ1v) is 9.90. The lowest BCUT2D eigenvalue weighted by Gasteiger charge is -2.36. The van der Waals surface area contributed by atoms with Crippen LogP contribution in [-0.2, 0) is 34.8 Å². The molecule has 8 heteroatoms. The van der Waals surface area contributed by atoms with Gasteiger partial charge in [-0.05, 0) is 38.3 Å². The van der Waals surface area contributed by atoms with E-state index >= 15 is 0 Å². The van der Waals surface area contributed by atoms with Crippen molar-refractivity contribution >= 4 is 15.9 Å². The molecule has 1 aromatic carbocycles. The number of aromatic nitrogens is 2. The summed E-state index contributed by atoms with van der Waals surface area (Å²) in [5, 5.41) is 2.86. The number of nitrogens with zero attached hydrogens (tertiary/aromatic N) is 3. The third-order valence-electron chi connectivity index (χ3n) is 4.26. The van der Waals surface area contributed by atoms with E-state index in [1.807, 2.05) is 45.0 Å². The summed E-state index contributed by atoms with van der Waals surface area (Å²) in [5.74, 6) is -0.300. The second-order valence-corrected chi connectivity index (χ2v) is 9.49. The van der Waals surface area contributed by atoms with Crippen LogP contribution < -0.4 is 5.32 Å². The quantitative estimate of drug-likeness (QED) is 0.879. The van der Waals surface area contributed by atoms with E-state index in [2.05, 4.69) is 10.3 Å². The number of nitrogens with one attached hydrogen (secondary N) is 1. The van der Waals surface area contributed by atoms with E-state index < -0.39 is 21.6 Å². The number of rotatable bonds is 3. The molecule has 7 nitrogen and oxygen atoms in total. The molecule has 3 rings (SSSR count). The summed E-state index contributed by atoms with van der Waals surface area (Å²) in [4.78, 5) is 16.9. The van der Waals surface area contributed by atoms with Gasteiger partial charge in [0.2, 0.25) is 5.91 Å². The predicted molar refractivity (Wildman–Crippen MR) is 97.8 cm³/mol. The van der Waals surface area contributed by atoms with Gasteiger partial charge >= 0.3 is 0 Å². The normalized spacial score (nSPS) is 18.4. The molecule has 0 saturated heterocycles. The third kappa shape index (κ3) is 3.66. The van der Waals surface area contributed by atoms with E-state index in [0.717, 1.165) is 11.1 Å². The Balaban J connectivity index is 2.03. The van der Waals surface area contributed by atoms with E-state index in [0.29, 0.717) is 6.42 Å². The summed E-state index contributed by atoms with van der Waals surface area (Å²) in [6.45, 7) is 5.77. The van der Waals surface area contributed by atoms with Crippen LogP contribution in [0.3, 0.4) is 0 Å². The molecule has 0 aliphatic carbocycles. The van der Waals surface area contributed by atoms with Gasteiger partial charge in [0.1, 0.15) is 6.04 Å². The van der Waals surface area contributed by atoms with Gasteiger partial charge in [-0.25, -0.2) is 13.4 Å². The zero-order chi connectivity index (χ0) is 19.1. The van der Waals surface area contributed by atoms with Crippen LogP contribution >= 0.6 is 0 Å². The van der Waals surface area contributed by atoms with Crippen molar-refractivity contribution in [1.29, 1.82) is 0 Å². The molecule has 1 aliphatic rings. The fourth-order valence-corrected chi connectivity index (χ4v) is 4.60. The average molecular weight is 376 g/mol. The van der Waals surface area contributed by atoms with Crippen LogP contribution in [0.5, 0.6) is 0 Å². The number of carbonyl (C=O) groups is 1. The van der Waals surface area contributed by atoms with Crippen LogP contribution in [0.1, 0.15) is 31.9 Å². The largest absolute Gasteiger partial charge is 0.350 e. The maximum atomic E-state index is 13.2. The van der Waals surface area contributed by atoms with Crippen LogP contribution in [0, 0.1) is 0 Å². The number of hydrogen-bond donors (Lipinski definition) is 1. The molecule has 1 amide bonds. The molecule has 2 aromatic rings. The minimum Gasteiger partial charge on any atom is -0.350 e. The predicted octanol–water partition coefficient (Wildman–Crippen LogP) is 1.45. The van der Waals surface area contributed by atoms with Crippen molar-refractivity contribution in [2.75, 3.05) is 0 Å². The molecular formula is C18H24N4O3S. The van der Waals surface area contributed by atoms with Crippen molar-refractivity contribution < 1.29 is 13.2 Å². The Labute approximate surface area is 154 Å². The van der Waals surface area contributed by atoms with Crippen molar-refractivity contribution in [3.8, 4) is 0 Å². The highest BCUT2D eigenvalue weighted by Crippen LogP contribution is 2.29. The molecule has 0 saturated carbocycles. The molecule has 0 spiro atoms. The first-order valence-electron chi connectivity index (χ1n) is 8.46. The van der Waals surface area contributed by atoms with Gasteiger partial charge in [-0.1, -0.05) is 24.3 Å².